The summed E-state index contributed by atoms with van der Waals surface area (Å²) in [6.07, 6.45) is 1.54. The summed E-state index contributed by atoms with van der Waals surface area (Å²) in [5.74, 6) is 7.19. The molecule has 2 aromatic carbocycles. The van der Waals surface area contributed by atoms with Gasteiger partial charge in [-0.05, 0) is 36.8 Å². The molecule has 2 amide bonds. The highest BCUT2D eigenvalue weighted by molar-refractivity contribution is 5.93. The summed E-state index contributed by atoms with van der Waals surface area (Å²) in [6, 6.07) is 9.56. The lowest BCUT2D eigenvalue weighted by Gasteiger charge is -2.36. The lowest BCUT2D eigenvalue weighted by Crippen LogP contribution is -2.49. The normalized spacial score (nSPS) is 13.5. The molecule has 0 N–H and O–H groups in total. The third-order valence-corrected chi connectivity index (χ3v) is 4.98. The summed E-state index contributed by atoms with van der Waals surface area (Å²) in [4.78, 5) is 16.6. The number of halogens is 1. The maximum Gasteiger partial charge on any atom is 0.324 e. The quantitative estimate of drug-likeness (QED) is 0.613. The van der Waals surface area contributed by atoms with Gasteiger partial charge in [-0.1, -0.05) is 12.8 Å². The Kier molecular flexibility index (Phi) is 7.60. The van der Waals surface area contributed by atoms with Crippen LogP contribution in [0.25, 0.3) is 0 Å². The monoisotopic (exact) mass is 426 g/mol. The van der Waals surface area contributed by atoms with Crippen LogP contribution in [-0.2, 0) is 6.54 Å². The Hall–Kier alpha value is -3.40. The summed E-state index contributed by atoms with van der Waals surface area (Å²) < 4.78 is 30.2. The standard InChI is InChI=1S/C24H27FN2O4/c1-4-5-6-14-31-23-16-20(9-11-22(23)30-3)27-13-7-12-26(24(27)28)17-18-15-19(25)8-10-21(18)29-2/h8-11,15-16H,4,7,12-14,17H2,1-3H3. The zero-order chi connectivity index (χ0) is 22.2. The minimum atomic E-state index is -0.361. The maximum atomic E-state index is 13.7. The molecule has 6 nitrogen and oxygen atoms in total. The van der Waals surface area contributed by atoms with Crippen molar-refractivity contribution in [3.05, 3.63) is 47.8 Å². The molecule has 0 saturated carbocycles. The molecule has 0 atom stereocenters. The Morgan fingerprint density at radius 3 is 2.52 bits per heavy atom. The van der Waals surface area contributed by atoms with E-state index in [1.165, 1.54) is 19.2 Å². The second kappa shape index (κ2) is 10.6. The summed E-state index contributed by atoms with van der Waals surface area (Å²) in [5, 5.41) is 0. The van der Waals surface area contributed by atoms with Gasteiger partial charge >= 0.3 is 6.03 Å². The van der Waals surface area contributed by atoms with Crippen LogP contribution in [0.4, 0.5) is 14.9 Å². The molecule has 0 radical (unpaired) electrons. The van der Waals surface area contributed by atoms with Crippen LogP contribution >= 0.6 is 0 Å². The van der Waals surface area contributed by atoms with Gasteiger partial charge in [-0.15, -0.1) is 5.92 Å². The lowest BCUT2D eigenvalue weighted by atomic mass is 10.1. The van der Waals surface area contributed by atoms with Crippen molar-refractivity contribution in [3.8, 4) is 29.1 Å². The molecule has 1 aliphatic heterocycles. The first-order chi connectivity index (χ1) is 15.1. The largest absolute Gasteiger partial charge is 0.496 e. The lowest BCUT2D eigenvalue weighted by molar-refractivity contribution is 0.191. The van der Waals surface area contributed by atoms with Gasteiger partial charge in [0.1, 0.15) is 18.2 Å². The number of hydrogen-bond acceptors (Lipinski definition) is 4. The predicted octanol–water partition coefficient (Wildman–Crippen LogP) is 4.47. The van der Waals surface area contributed by atoms with Crippen molar-refractivity contribution in [2.75, 3.05) is 38.8 Å². The highest BCUT2D eigenvalue weighted by atomic mass is 19.1. The molecular formula is C24H27FN2O4. The van der Waals surface area contributed by atoms with Crippen molar-refractivity contribution >= 4 is 11.7 Å². The average Bonchev–Trinajstić information content (AvgIpc) is 2.78. The fraction of sp³-hybridized carbons (Fsp3) is 0.375. The minimum Gasteiger partial charge on any atom is -0.496 e. The van der Waals surface area contributed by atoms with E-state index in [0.717, 1.165) is 12.8 Å². The smallest absolute Gasteiger partial charge is 0.324 e. The molecule has 164 valence electrons. The van der Waals surface area contributed by atoms with Gasteiger partial charge in [-0.3, -0.25) is 4.90 Å². The summed E-state index contributed by atoms with van der Waals surface area (Å²) in [5.41, 5.74) is 1.34. The Bertz CT molecular complexity index is 983. The van der Waals surface area contributed by atoms with Gasteiger partial charge in [-0.25, -0.2) is 9.18 Å². The highest BCUT2D eigenvalue weighted by Crippen LogP contribution is 2.33. The molecule has 1 heterocycles. The molecule has 0 spiro atoms. The number of carbonyl (C=O) groups excluding carboxylic acids is 1. The Morgan fingerprint density at radius 2 is 1.77 bits per heavy atom. The number of ether oxygens (including phenoxy) is 3. The van der Waals surface area contributed by atoms with Gasteiger partial charge in [0.15, 0.2) is 11.5 Å². The first kappa shape index (κ1) is 22.3. The van der Waals surface area contributed by atoms with Gasteiger partial charge in [0, 0.05) is 36.8 Å². The highest BCUT2D eigenvalue weighted by Gasteiger charge is 2.28. The van der Waals surface area contributed by atoms with Crippen LogP contribution in [0.2, 0.25) is 0 Å². The number of methoxy groups -OCH3 is 2. The van der Waals surface area contributed by atoms with Crippen molar-refractivity contribution in [2.24, 2.45) is 0 Å². The van der Waals surface area contributed by atoms with Gasteiger partial charge < -0.3 is 19.1 Å². The number of amides is 2. The predicted molar refractivity (Wildman–Crippen MR) is 117 cm³/mol. The first-order valence-electron chi connectivity index (χ1n) is 10.2. The second-order valence-corrected chi connectivity index (χ2v) is 7.00. The number of benzene rings is 2. The number of urea groups is 1. The fourth-order valence-electron chi connectivity index (χ4n) is 3.48. The number of anilines is 1. The van der Waals surface area contributed by atoms with Crippen molar-refractivity contribution in [2.45, 2.75) is 26.3 Å². The number of hydrogen-bond donors (Lipinski definition) is 0. The van der Waals surface area contributed by atoms with E-state index < -0.39 is 0 Å². The Morgan fingerprint density at radius 1 is 1.00 bits per heavy atom. The minimum absolute atomic E-state index is 0.153. The van der Waals surface area contributed by atoms with Crippen molar-refractivity contribution in [1.82, 2.24) is 4.90 Å². The van der Waals surface area contributed by atoms with Crippen LogP contribution in [0.1, 0.15) is 25.3 Å². The van der Waals surface area contributed by atoms with Crippen LogP contribution in [0, 0.1) is 17.7 Å². The molecule has 0 unspecified atom stereocenters. The molecule has 1 fully saturated rings. The average molecular weight is 426 g/mol. The zero-order valence-corrected chi connectivity index (χ0v) is 18.1. The van der Waals surface area contributed by atoms with E-state index in [2.05, 4.69) is 11.8 Å². The Labute approximate surface area is 182 Å². The summed E-state index contributed by atoms with van der Waals surface area (Å²) in [7, 11) is 3.10. The van der Waals surface area contributed by atoms with Crippen LogP contribution < -0.4 is 19.1 Å². The van der Waals surface area contributed by atoms with Gasteiger partial charge in [0.05, 0.1) is 20.8 Å². The van der Waals surface area contributed by atoms with Gasteiger partial charge in [0.2, 0.25) is 0 Å². The van der Waals surface area contributed by atoms with E-state index in [4.69, 9.17) is 14.2 Å². The topological polar surface area (TPSA) is 51.2 Å². The molecule has 7 heteroatoms. The van der Waals surface area contributed by atoms with Crippen molar-refractivity contribution in [1.29, 1.82) is 0 Å². The summed E-state index contributed by atoms with van der Waals surface area (Å²) >= 11 is 0. The molecule has 31 heavy (non-hydrogen) atoms. The van der Waals surface area contributed by atoms with Crippen LogP contribution in [0.5, 0.6) is 17.2 Å². The molecule has 2 aromatic rings. The summed E-state index contributed by atoms with van der Waals surface area (Å²) in [6.45, 7) is 3.65. The molecule has 1 aliphatic rings. The second-order valence-electron chi connectivity index (χ2n) is 7.00. The number of rotatable bonds is 7. The van der Waals surface area contributed by atoms with Crippen molar-refractivity contribution in [3.63, 3.8) is 0 Å². The van der Waals surface area contributed by atoms with Gasteiger partial charge in [0.25, 0.3) is 0 Å². The molecule has 3 rings (SSSR count). The van der Waals surface area contributed by atoms with Crippen LogP contribution in [0.15, 0.2) is 36.4 Å². The fourth-order valence-corrected chi connectivity index (χ4v) is 3.48. The molecule has 0 bridgehead atoms. The SMILES string of the molecule is CCC#CCOc1cc(N2CCCN(Cc3cc(F)ccc3OC)C2=O)ccc1OC. The molecule has 1 saturated heterocycles. The van der Waals surface area contributed by atoms with E-state index in [1.807, 2.05) is 13.0 Å². The maximum absolute atomic E-state index is 13.7. The van der Waals surface area contributed by atoms with E-state index in [0.29, 0.717) is 41.6 Å². The molecule has 0 aromatic heterocycles. The van der Waals surface area contributed by atoms with Crippen LogP contribution in [0.3, 0.4) is 0 Å². The Balaban J connectivity index is 1.80. The first-order valence-corrected chi connectivity index (χ1v) is 10.2. The zero-order valence-electron chi connectivity index (χ0n) is 18.1. The van der Waals surface area contributed by atoms with E-state index in [9.17, 15) is 9.18 Å². The molecule has 0 aliphatic carbocycles. The molecular weight excluding hydrogens is 399 g/mol. The van der Waals surface area contributed by atoms with Gasteiger partial charge in [-0.2, -0.15) is 0 Å². The van der Waals surface area contributed by atoms with Crippen molar-refractivity contribution < 1.29 is 23.4 Å². The number of nitrogens with zero attached hydrogens (tertiary/aromatic N) is 2. The van der Waals surface area contributed by atoms with E-state index >= 15 is 0 Å². The third kappa shape index (κ3) is 5.40. The van der Waals surface area contributed by atoms with E-state index in [-0.39, 0.29) is 25.0 Å². The third-order valence-electron chi connectivity index (χ3n) is 4.98. The van der Waals surface area contributed by atoms with Crippen LogP contribution in [-0.4, -0.2) is 44.8 Å². The van der Waals surface area contributed by atoms with E-state index in [1.54, 1.807) is 35.1 Å². The number of carbonyl (C=O) groups is 1.